The van der Waals surface area contributed by atoms with E-state index in [4.69, 9.17) is 9.47 Å². The van der Waals surface area contributed by atoms with E-state index in [1.54, 1.807) is 0 Å². The van der Waals surface area contributed by atoms with Crippen LogP contribution in [0.25, 0.3) is 5.57 Å². The fourth-order valence-corrected chi connectivity index (χ4v) is 2.39. The van der Waals surface area contributed by atoms with Crippen LogP contribution in [0.15, 0.2) is 36.6 Å². The summed E-state index contributed by atoms with van der Waals surface area (Å²) in [6.45, 7) is 4.72. The van der Waals surface area contributed by atoms with Crippen LogP contribution in [0.4, 0.5) is 0 Å². The first kappa shape index (κ1) is 14.1. The van der Waals surface area contributed by atoms with Crippen molar-refractivity contribution in [2.75, 3.05) is 19.8 Å². The first-order valence-electron chi connectivity index (χ1n) is 7.28. The SMILES string of the molecule is C/C(=C/OCCC1CCCCOC1)c1ccccc1. The molecule has 0 bridgehead atoms. The molecule has 2 nitrogen and oxygen atoms in total. The van der Waals surface area contributed by atoms with E-state index in [9.17, 15) is 0 Å². The summed E-state index contributed by atoms with van der Waals surface area (Å²) in [4.78, 5) is 0. The molecule has 1 aromatic rings. The van der Waals surface area contributed by atoms with Crippen LogP contribution in [0.2, 0.25) is 0 Å². The quantitative estimate of drug-likeness (QED) is 0.581. The Morgan fingerprint density at radius 1 is 1.32 bits per heavy atom. The molecule has 0 N–H and O–H groups in total. The third-order valence-electron chi connectivity index (χ3n) is 3.64. The van der Waals surface area contributed by atoms with Crippen molar-refractivity contribution in [2.24, 2.45) is 5.92 Å². The molecule has 1 aliphatic rings. The monoisotopic (exact) mass is 260 g/mol. The minimum atomic E-state index is 0.674. The van der Waals surface area contributed by atoms with Gasteiger partial charge >= 0.3 is 0 Å². The van der Waals surface area contributed by atoms with Crippen molar-refractivity contribution >= 4 is 5.57 Å². The van der Waals surface area contributed by atoms with Gasteiger partial charge in [-0.3, -0.25) is 0 Å². The fourth-order valence-electron chi connectivity index (χ4n) is 2.39. The highest BCUT2D eigenvalue weighted by Gasteiger charge is 2.12. The molecule has 19 heavy (non-hydrogen) atoms. The number of rotatable bonds is 5. The molecular weight excluding hydrogens is 236 g/mol. The fraction of sp³-hybridized carbons (Fsp3) is 0.529. The Morgan fingerprint density at radius 3 is 3.00 bits per heavy atom. The molecule has 2 rings (SSSR count). The molecule has 1 aromatic carbocycles. The molecule has 104 valence electrons. The Kier molecular flexibility index (Phi) is 5.96. The average molecular weight is 260 g/mol. The highest BCUT2D eigenvalue weighted by Crippen LogP contribution is 2.18. The summed E-state index contributed by atoms with van der Waals surface area (Å²) in [6.07, 6.45) is 6.77. The minimum absolute atomic E-state index is 0.674. The zero-order valence-electron chi connectivity index (χ0n) is 11.8. The maximum absolute atomic E-state index is 5.68. The van der Waals surface area contributed by atoms with Crippen molar-refractivity contribution in [1.29, 1.82) is 0 Å². The van der Waals surface area contributed by atoms with Crippen molar-refractivity contribution in [3.05, 3.63) is 42.2 Å². The molecule has 0 saturated carbocycles. The van der Waals surface area contributed by atoms with Gasteiger partial charge in [-0.15, -0.1) is 0 Å². The van der Waals surface area contributed by atoms with Crippen molar-refractivity contribution in [3.8, 4) is 0 Å². The summed E-state index contributed by atoms with van der Waals surface area (Å²) in [6, 6.07) is 10.3. The minimum Gasteiger partial charge on any atom is -0.501 e. The maximum Gasteiger partial charge on any atom is 0.0877 e. The number of hydrogen-bond acceptors (Lipinski definition) is 2. The summed E-state index contributed by atoms with van der Waals surface area (Å²) < 4.78 is 11.3. The first-order chi connectivity index (χ1) is 9.36. The van der Waals surface area contributed by atoms with Gasteiger partial charge in [0.2, 0.25) is 0 Å². The average Bonchev–Trinajstić information content (AvgIpc) is 2.73. The Hall–Kier alpha value is -1.28. The lowest BCUT2D eigenvalue weighted by atomic mass is 10.0. The maximum atomic E-state index is 5.68. The van der Waals surface area contributed by atoms with Crippen LogP contribution < -0.4 is 0 Å². The zero-order valence-corrected chi connectivity index (χ0v) is 11.8. The summed E-state index contributed by atoms with van der Waals surface area (Å²) in [5, 5.41) is 0. The highest BCUT2D eigenvalue weighted by molar-refractivity contribution is 5.62. The second-order valence-electron chi connectivity index (χ2n) is 5.26. The third-order valence-corrected chi connectivity index (χ3v) is 3.64. The van der Waals surface area contributed by atoms with Crippen LogP contribution >= 0.6 is 0 Å². The molecule has 1 heterocycles. The Balaban J connectivity index is 1.70. The predicted molar refractivity (Wildman–Crippen MR) is 78.8 cm³/mol. The lowest BCUT2D eigenvalue weighted by Gasteiger charge is -2.13. The van der Waals surface area contributed by atoms with Crippen molar-refractivity contribution < 1.29 is 9.47 Å². The topological polar surface area (TPSA) is 18.5 Å². The van der Waals surface area contributed by atoms with Crippen LogP contribution in [0.3, 0.4) is 0 Å². The lowest BCUT2D eigenvalue weighted by molar-refractivity contribution is 0.102. The number of allylic oxidation sites excluding steroid dienone is 1. The van der Waals surface area contributed by atoms with Gasteiger partial charge in [-0.2, -0.15) is 0 Å². The summed E-state index contributed by atoms with van der Waals surface area (Å²) in [5.74, 6) is 0.674. The van der Waals surface area contributed by atoms with Gasteiger partial charge in [0, 0.05) is 13.2 Å². The Labute approximate surface area is 116 Å². The molecule has 1 saturated heterocycles. The first-order valence-corrected chi connectivity index (χ1v) is 7.28. The molecule has 1 unspecified atom stereocenters. The van der Waals surface area contributed by atoms with Crippen molar-refractivity contribution in [2.45, 2.75) is 32.6 Å². The molecule has 0 aromatic heterocycles. The largest absolute Gasteiger partial charge is 0.501 e. The van der Waals surface area contributed by atoms with E-state index in [0.29, 0.717) is 5.92 Å². The molecule has 0 aliphatic carbocycles. The highest BCUT2D eigenvalue weighted by atomic mass is 16.5. The van der Waals surface area contributed by atoms with Crippen molar-refractivity contribution in [1.82, 2.24) is 0 Å². The Morgan fingerprint density at radius 2 is 2.16 bits per heavy atom. The van der Waals surface area contributed by atoms with Gasteiger partial charge in [-0.05, 0) is 43.2 Å². The van der Waals surface area contributed by atoms with Gasteiger partial charge in [0.1, 0.15) is 0 Å². The Bertz CT molecular complexity index is 376. The van der Waals surface area contributed by atoms with E-state index in [1.807, 2.05) is 12.3 Å². The summed E-state index contributed by atoms with van der Waals surface area (Å²) in [5.41, 5.74) is 2.40. The standard InChI is InChI=1S/C17H24O2/c1-15(17-8-3-2-4-9-17)13-19-12-10-16-7-5-6-11-18-14-16/h2-4,8-9,13,16H,5-7,10-12,14H2,1H3/b15-13-. The number of ether oxygens (including phenoxy) is 2. The third kappa shape index (κ3) is 5.07. The van der Waals surface area contributed by atoms with Gasteiger partial charge in [0.05, 0.1) is 12.9 Å². The van der Waals surface area contributed by atoms with Gasteiger partial charge in [0.25, 0.3) is 0 Å². The van der Waals surface area contributed by atoms with Crippen LogP contribution in [0.5, 0.6) is 0 Å². The molecule has 0 amide bonds. The molecule has 1 atom stereocenters. The van der Waals surface area contributed by atoms with E-state index in [-0.39, 0.29) is 0 Å². The van der Waals surface area contributed by atoms with E-state index in [0.717, 1.165) is 26.2 Å². The molecule has 1 fully saturated rings. The van der Waals surface area contributed by atoms with E-state index in [2.05, 4.69) is 31.2 Å². The number of benzene rings is 1. The van der Waals surface area contributed by atoms with E-state index < -0.39 is 0 Å². The van der Waals surface area contributed by atoms with Gasteiger partial charge in [-0.1, -0.05) is 36.8 Å². The van der Waals surface area contributed by atoms with Crippen LogP contribution in [-0.4, -0.2) is 19.8 Å². The van der Waals surface area contributed by atoms with Crippen molar-refractivity contribution in [3.63, 3.8) is 0 Å². The summed E-state index contributed by atoms with van der Waals surface area (Å²) >= 11 is 0. The van der Waals surface area contributed by atoms with E-state index in [1.165, 1.54) is 30.4 Å². The zero-order chi connectivity index (χ0) is 13.3. The normalized spacial score (nSPS) is 20.9. The molecule has 0 radical (unpaired) electrons. The predicted octanol–water partition coefficient (Wildman–Crippen LogP) is 4.27. The van der Waals surface area contributed by atoms with Crippen LogP contribution in [-0.2, 0) is 9.47 Å². The van der Waals surface area contributed by atoms with Crippen LogP contribution in [0.1, 0.15) is 38.2 Å². The lowest BCUT2D eigenvalue weighted by Crippen LogP contribution is -2.09. The van der Waals surface area contributed by atoms with Gasteiger partial charge in [0.15, 0.2) is 0 Å². The molecular formula is C17H24O2. The van der Waals surface area contributed by atoms with E-state index >= 15 is 0 Å². The number of hydrogen-bond donors (Lipinski definition) is 0. The summed E-state index contributed by atoms with van der Waals surface area (Å²) in [7, 11) is 0. The molecule has 2 heteroatoms. The van der Waals surface area contributed by atoms with Crippen LogP contribution in [0, 0.1) is 5.92 Å². The smallest absolute Gasteiger partial charge is 0.0877 e. The molecule has 1 aliphatic heterocycles. The molecule has 0 spiro atoms. The van der Waals surface area contributed by atoms with Gasteiger partial charge in [-0.25, -0.2) is 0 Å². The second-order valence-corrected chi connectivity index (χ2v) is 5.26. The second kappa shape index (κ2) is 8.00. The van der Waals surface area contributed by atoms with Gasteiger partial charge < -0.3 is 9.47 Å².